The third kappa shape index (κ3) is 2.88. The van der Waals surface area contributed by atoms with E-state index in [-0.39, 0.29) is 16.3 Å². The molecule has 2 rings (SSSR count). The molecule has 0 atom stereocenters. The molecule has 7 heteroatoms. The van der Waals surface area contributed by atoms with Crippen LogP contribution in [0.1, 0.15) is 5.56 Å². The predicted octanol–water partition coefficient (Wildman–Crippen LogP) is 1.44. The van der Waals surface area contributed by atoms with E-state index in [1.165, 1.54) is 37.6 Å². The summed E-state index contributed by atoms with van der Waals surface area (Å²) in [6.45, 7) is 0. The second kappa shape index (κ2) is 5.46. The summed E-state index contributed by atoms with van der Waals surface area (Å²) in [7, 11) is -2.39. The van der Waals surface area contributed by atoms with Gasteiger partial charge in [0.1, 0.15) is 5.82 Å². The molecule has 0 fully saturated rings. The van der Waals surface area contributed by atoms with Crippen LogP contribution in [0, 0.1) is 11.0 Å². The van der Waals surface area contributed by atoms with Gasteiger partial charge in [-0.2, -0.15) is 0 Å². The average Bonchev–Trinajstić information content (AvgIpc) is 2.39. The first-order valence-electron chi connectivity index (χ1n) is 5.67. The van der Waals surface area contributed by atoms with Gasteiger partial charge in [0.25, 0.3) is 0 Å². The lowest BCUT2D eigenvalue weighted by Gasteiger charge is -2.08. The van der Waals surface area contributed by atoms with Gasteiger partial charge in [-0.25, -0.2) is 12.8 Å². The molecule has 0 amide bonds. The Bertz CT molecular complexity index is 714. The van der Waals surface area contributed by atoms with Gasteiger partial charge in [-0.1, -0.05) is 0 Å². The first-order valence-corrected chi connectivity index (χ1v) is 7.32. The molecular weight excluding hydrogens is 285 g/mol. The van der Waals surface area contributed by atoms with Crippen molar-refractivity contribution in [1.82, 2.24) is 0 Å². The number of nitrogens with zero attached hydrogens (tertiary/aromatic N) is 1. The molecule has 1 heterocycles. The number of ether oxygens (including phenoxy) is 1. The van der Waals surface area contributed by atoms with Crippen molar-refractivity contribution in [2.24, 2.45) is 0 Å². The van der Waals surface area contributed by atoms with Gasteiger partial charge in [0.05, 0.1) is 23.3 Å². The van der Waals surface area contributed by atoms with E-state index in [2.05, 4.69) is 0 Å². The maximum absolute atomic E-state index is 12.8. The molecule has 5 nitrogen and oxygen atoms in total. The molecule has 1 aromatic heterocycles. The minimum atomic E-state index is -3.68. The van der Waals surface area contributed by atoms with Crippen LogP contribution in [0.5, 0.6) is 5.88 Å². The highest BCUT2D eigenvalue weighted by molar-refractivity contribution is 7.90. The van der Waals surface area contributed by atoms with Gasteiger partial charge in [-0.15, -0.1) is 4.73 Å². The van der Waals surface area contributed by atoms with E-state index in [1.807, 2.05) is 0 Å². The lowest BCUT2D eigenvalue weighted by Crippen LogP contribution is -2.29. The highest BCUT2D eigenvalue weighted by Gasteiger charge is 2.22. The number of rotatable bonds is 4. The lowest BCUT2D eigenvalue weighted by atomic mass is 10.3. The van der Waals surface area contributed by atoms with Crippen molar-refractivity contribution in [1.29, 1.82) is 0 Å². The lowest BCUT2D eigenvalue weighted by molar-refractivity contribution is -0.612. The second-order valence-corrected chi connectivity index (χ2v) is 6.07. The Hall–Kier alpha value is -2.15. The molecule has 20 heavy (non-hydrogen) atoms. The molecule has 0 bridgehead atoms. The number of sulfone groups is 1. The predicted molar refractivity (Wildman–Crippen MR) is 69.2 cm³/mol. The van der Waals surface area contributed by atoms with Crippen LogP contribution in [-0.4, -0.2) is 15.5 Å². The van der Waals surface area contributed by atoms with Crippen LogP contribution >= 0.6 is 0 Å². The van der Waals surface area contributed by atoms with Crippen LogP contribution in [0.25, 0.3) is 0 Å². The van der Waals surface area contributed by atoms with Crippen molar-refractivity contribution < 1.29 is 22.3 Å². The molecule has 0 saturated carbocycles. The largest absolute Gasteiger partial charge is 0.616 e. The van der Waals surface area contributed by atoms with E-state index < -0.39 is 21.4 Å². The highest BCUT2D eigenvalue weighted by Crippen LogP contribution is 2.21. The van der Waals surface area contributed by atoms with Crippen LogP contribution in [0.3, 0.4) is 0 Å². The number of aromatic nitrogens is 1. The van der Waals surface area contributed by atoms with Crippen molar-refractivity contribution in [2.45, 2.75) is 10.6 Å². The SMILES string of the molecule is COc1c(CS(=O)(=O)c2ccc(F)cc2)ccc[n+]1[O-]. The Balaban J connectivity index is 2.38. The van der Waals surface area contributed by atoms with Gasteiger partial charge < -0.3 is 9.94 Å². The summed E-state index contributed by atoms with van der Waals surface area (Å²) in [5.74, 6) is -0.984. The zero-order valence-electron chi connectivity index (χ0n) is 10.6. The number of hydrogen-bond acceptors (Lipinski definition) is 4. The summed E-state index contributed by atoms with van der Waals surface area (Å²) >= 11 is 0. The van der Waals surface area contributed by atoms with Gasteiger partial charge in [0, 0.05) is 6.07 Å². The Morgan fingerprint density at radius 2 is 1.90 bits per heavy atom. The van der Waals surface area contributed by atoms with E-state index in [0.29, 0.717) is 4.73 Å². The van der Waals surface area contributed by atoms with Crippen molar-refractivity contribution in [3.63, 3.8) is 0 Å². The second-order valence-electron chi connectivity index (χ2n) is 4.08. The molecule has 0 unspecified atom stereocenters. The Labute approximate surface area is 115 Å². The Morgan fingerprint density at radius 1 is 1.25 bits per heavy atom. The van der Waals surface area contributed by atoms with Crippen LogP contribution in [0.2, 0.25) is 0 Å². The van der Waals surface area contributed by atoms with Crippen molar-refractivity contribution in [2.75, 3.05) is 7.11 Å². The summed E-state index contributed by atoms with van der Waals surface area (Å²) in [5.41, 5.74) is 0.245. The molecule has 0 aliphatic rings. The number of benzene rings is 1. The maximum atomic E-state index is 12.8. The normalized spacial score (nSPS) is 11.3. The van der Waals surface area contributed by atoms with Crippen LogP contribution in [0.4, 0.5) is 4.39 Å². The van der Waals surface area contributed by atoms with Crippen molar-refractivity contribution in [3.8, 4) is 5.88 Å². The smallest absolute Gasteiger partial charge is 0.383 e. The summed E-state index contributed by atoms with van der Waals surface area (Å²) in [4.78, 5) is -0.0118. The third-order valence-electron chi connectivity index (χ3n) is 2.71. The third-order valence-corrected chi connectivity index (χ3v) is 4.39. The highest BCUT2D eigenvalue weighted by atomic mass is 32.2. The molecule has 0 aliphatic carbocycles. The molecule has 0 saturated heterocycles. The molecule has 0 aliphatic heterocycles. The monoisotopic (exact) mass is 297 g/mol. The number of hydrogen-bond donors (Lipinski definition) is 0. The summed E-state index contributed by atoms with van der Waals surface area (Å²) in [6, 6.07) is 7.45. The molecular formula is C13H12FNO4S. The van der Waals surface area contributed by atoms with Crippen molar-refractivity contribution >= 4 is 9.84 Å². The molecule has 2 aromatic rings. The molecule has 106 valence electrons. The minimum absolute atomic E-state index is 0.0118. The Morgan fingerprint density at radius 3 is 2.50 bits per heavy atom. The topological polar surface area (TPSA) is 70.3 Å². The number of methoxy groups -OCH3 is 1. The fraction of sp³-hybridized carbons (Fsp3) is 0.154. The van der Waals surface area contributed by atoms with Crippen molar-refractivity contribution in [3.05, 3.63) is 59.2 Å². The van der Waals surface area contributed by atoms with E-state index in [1.54, 1.807) is 0 Å². The zero-order chi connectivity index (χ0) is 14.8. The van der Waals surface area contributed by atoms with E-state index in [0.717, 1.165) is 12.1 Å². The zero-order valence-corrected chi connectivity index (χ0v) is 11.4. The van der Waals surface area contributed by atoms with Gasteiger partial charge >= 0.3 is 5.88 Å². The summed E-state index contributed by atoms with van der Waals surface area (Å²) in [6.07, 6.45) is 1.22. The summed E-state index contributed by atoms with van der Waals surface area (Å²) < 4.78 is 42.6. The van der Waals surface area contributed by atoms with E-state index in [4.69, 9.17) is 4.74 Å². The van der Waals surface area contributed by atoms with Gasteiger partial charge in [0.15, 0.2) is 16.0 Å². The minimum Gasteiger partial charge on any atom is -0.616 e. The molecule has 0 spiro atoms. The van der Waals surface area contributed by atoms with Gasteiger partial charge in [-0.05, 0) is 30.3 Å². The quantitative estimate of drug-likeness (QED) is 0.486. The fourth-order valence-electron chi connectivity index (χ4n) is 1.78. The summed E-state index contributed by atoms with van der Waals surface area (Å²) in [5, 5.41) is 11.5. The molecule has 0 N–H and O–H groups in total. The van der Waals surface area contributed by atoms with Crippen LogP contribution < -0.4 is 9.47 Å². The first-order chi connectivity index (χ1) is 9.44. The van der Waals surface area contributed by atoms with Gasteiger partial charge in [0.2, 0.25) is 0 Å². The standard InChI is InChI=1S/C13H12FNO4S/c1-19-13-10(3-2-8-15(13)16)9-20(17,18)12-6-4-11(14)5-7-12/h2-8H,9H2,1H3. The van der Waals surface area contributed by atoms with E-state index >= 15 is 0 Å². The first kappa shape index (κ1) is 14.3. The number of halogens is 1. The molecule has 0 radical (unpaired) electrons. The fourth-order valence-corrected chi connectivity index (χ4v) is 3.13. The average molecular weight is 297 g/mol. The number of pyridine rings is 1. The van der Waals surface area contributed by atoms with Crippen LogP contribution in [0.15, 0.2) is 47.5 Å². The van der Waals surface area contributed by atoms with Crippen LogP contribution in [-0.2, 0) is 15.6 Å². The van der Waals surface area contributed by atoms with Gasteiger partial charge in [-0.3, -0.25) is 0 Å². The maximum Gasteiger partial charge on any atom is 0.383 e. The molecule has 1 aromatic carbocycles. The van der Waals surface area contributed by atoms with E-state index in [9.17, 15) is 18.0 Å². The Kier molecular flexibility index (Phi) is 3.89.